The smallest absolute Gasteiger partial charge is 0.387 e. The Hall–Kier alpha value is -1.70. The minimum absolute atomic E-state index is 0.0552. The normalized spacial score (nSPS) is 31.2. The third-order valence-corrected chi connectivity index (χ3v) is 6.33. The van der Waals surface area contributed by atoms with Gasteiger partial charge in [0.25, 0.3) is 5.56 Å². The Morgan fingerprint density at radius 2 is 2.04 bits per heavy atom. The van der Waals surface area contributed by atoms with Gasteiger partial charge in [0.2, 0.25) is 0 Å². The van der Waals surface area contributed by atoms with Gasteiger partial charge in [-0.2, -0.15) is 0 Å². The molecule has 0 aliphatic carbocycles. The fourth-order valence-corrected chi connectivity index (χ4v) is 4.38. The summed E-state index contributed by atoms with van der Waals surface area (Å²) in [6.07, 6.45) is -2.47. The van der Waals surface area contributed by atoms with E-state index in [9.17, 15) is 24.5 Å². The maximum absolute atomic E-state index is 12.4. The van der Waals surface area contributed by atoms with Gasteiger partial charge >= 0.3 is 7.75 Å². The maximum atomic E-state index is 12.4. The lowest BCUT2D eigenvalue weighted by molar-refractivity contribution is -0.0507. The number of nitrogens with zero attached hydrogens (tertiary/aromatic N) is 4. The van der Waals surface area contributed by atoms with Crippen molar-refractivity contribution >= 4 is 18.9 Å². The van der Waals surface area contributed by atoms with Crippen LogP contribution in [0.25, 0.3) is 11.2 Å². The molecule has 4 rings (SSSR count). The van der Waals surface area contributed by atoms with Gasteiger partial charge in [0, 0.05) is 13.1 Å². The van der Waals surface area contributed by atoms with E-state index in [1.54, 1.807) is 0 Å². The third kappa shape index (κ3) is 3.51. The number of H-pyrrole nitrogens is 1. The molecule has 0 amide bonds. The van der Waals surface area contributed by atoms with Crippen molar-refractivity contribution in [3.8, 4) is 0 Å². The van der Waals surface area contributed by atoms with Gasteiger partial charge in [-0.05, 0) is 0 Å². The van der Waals surface area contributed by atoms with Gasteiger partial charge in [0.15, 0.2) is 17.4 Å². The molecule has 1 unspecified atom stereocenters. The molecule has 2 fully saturated rings. The highest BCUT2D eigenvalue weighted by atomic mass is 31.2. The molecule has 13 nitrogen and oxygen atoms in total. The Labute approximate surface area is 158 Å². The third-order valence-electron chi connectivity index (χ3n) is 4.73. The van der Waals surface area contributed by atoms with Gasteiger partial charge in [0.05, 0.1) is 32.5 Å². The molecular formula is C14H20N5O8P. The highest BCUT2D eigenvalue weighted by Gasteiger charge is 2.45. The van der Waals surface area contributed by atoms with E-state index < -0.39 is 44.5 Å². The summed E-state index contributed by atoms with van der Waals surface area (Å²) in [6.45, 7) is 0.706. The van der Waals surface area contributed by atoms with Crippen LogP contribution in [0.15, 0.2) is 17.4 Å². The fraction of sp³-hybridized carbons (Fsp3) is 0.643. The Morgan fingerprint density at radius 1 is 1.29 bits per heavy atom. The topological polar surface area (TPSA) is 172 Å². The fourth-order valence-electron chi connectivity index (χ4n) is 3.20. The Morgan fingerprint density at radius 3 is 2.79 bits per heavy atom. The standard InChI is InChI=1S/C14H20N5O8P/c20-10-8(5-26-28(23,24)18-1-3-25-4-2-18)27-14(11(10)21)19-7-17-9-12(19)15-6-16-13(9)22/h6-8,10-11,14,20-21H,1-5H2,(H,23,24)(H,15,16,22)/t8-,10+,11+,14-/m1/s1. The van der Waals surface area contributed by atoms with Crippen LogP contribution in [0.1, 0.15) is 6.23 Å². The van der Waals surface area contributed by atoms with Crippen LogP contribution in [0, 0.1) is 0 Å². The van der Waals surface area contributed by atoms with Crippen molar-refractivity contribution in [3.05, 3.63) is 23.0 Å². The summed E-state index contributed by atoms with van der Waals surface area (Å²) in [6, 6.07) is 0. The van der Waals surface area contributed by atoms with Crippen molar-refractivity contribution in [2.24, 2.45) is 0 Å². The molecule has 0 saturated carbocycles. The second kappa shape index (κ2) is 7.61. The van der Waals surface area contributed by atoms with Crippen LogP contribution in [-0.4, -0.2) is 90.5 Å². The second-order valence-electron chi connectivity index (χ2n) is 6.45. The van der Waals surface area contributed by atoms with E-state index in [0.717, 1.165) is 0 Å². The summed E-state index contributed by atoms with van der Waals surface area (Å²) in [5.41, 5.74) is -0.231. The minimum atomic E-state index is -4.09. The maximum Gasteiger partial charge on any atom is 0.405 e. The Kier molecular flexibility index (Phi) is 5.33. The lowest BCUT2D eigenvalue weighted by atomic mass is 10.1. The van der Waals surface area contributed by atoms with Crippen LogP contribution in [-0.2, 0) is 18.6 Å². The first-order valence-corrected chi connectivity index (χ1v) is 10.1. The molecule has 2 aliphatic rings. The zero-order chi connectivity index (χ0) is 19.9. The van der Waals surface area contributed by atoms with Crippen LogP contribution in [0.2, 0.25) is 0 Å². The molecule has 14 heteroatoms. The van der Waals surface area contributed by atoms with Crippen LogP contribution in [0.3, 0.4) is 0 Å². The number of imidazole rings is 1. The molecule has 154 valence electrons. The number of aromatic nitrogens is 4. The first-order valence-electron chi connectivity index (χ1n) is 8.61. The summed E-state index contributed by atoms with van der Waals surface area (Å²) < 4.78 is 30.9. The van der Waals surface area contributed by atoms with E-state index >= 15 is 0 Å². The molecule has 0 aromatic carbocycles. The number of hydrogen-bond donors (Lipinski definition) is 4. The van der Waals surface area contributed by atoms with Crippen LogP contribution in [0.5, 0.6) is 0 Å². The van der Waals surface area contributed by atoms with Gasteiger partial charge < -0.3 is 29.6 Å². The average molecular weight is 417 g/mol. The van der Waals surface area contributed by atoms with Crippen molar-refractivity contribution in [1.29, 1.82) is 0 Å². The van der Waals surface area contributed by atoms with E-state index in [1.165, 1.54) is 21.9 Å². The molecule has 0 radical (unpaired) electrons. The largest absolute Gasteiger partial charge is 0.405 e. The average Bonchev–Trinajstić information content (AvgIpc) is 3.24. The number of aliphatic hydroxyl groups excluding tert-OH is 2. The highest BCUT2D eigenvalue weighted by Crippen LogP contribution is 2.47. The summed E-state index contributed by atoms with van der Waals surface area (Å²) in [5, 5.41) is 20.6. The van der Waals surface area contributed by atoms with Crippen molar-refractivity contribution in [3.63, 3.8) is 0 Å². The molecule has 2 saturated heterocycles. The predicted octanol–water partition coefficient (Wildman–Crippen LogP) is -1.81. The van der Waals surface area contributed by atoms with Crippen LogP contribution < -0.4 is 5.56 Å². The summed E-state index contributed by atoms with van der Waals surface area (Å²) in [4.78, 5) is 32.2. The summed E-state index contributed by atoms with van der Waals surface area (Å²) in [5.74, 6) is 0. The van der Waals surface area contributed by atoms with Crippen molar-refractivity contribution in [2.45, 2.75) is 24.5 Å². The molecule has 4 heterocycles. The molecule has 4 N–H and O–H groups in total. The SMILES string of the molecule is O=c1[nH]cnc2c1ncn2[C@@H]1O[C@H](COP(=O)(O)N2CCOCC2)[C@H](O)[C@@H]1O. The first-order chi connectivity index (χ1) is 13.4. The number of nitrogens with one attached hydrogen (secondary N) is 1. The predicted molar refractivity (Wildman–Crippen MR) is 92.2 cm³/mol. The van der Waals surface area contributed by atoms with Crippen LogP contribution >= 0.6 is 7.75 Å². The minimum Gasteiger partial charge on any atom is -0.387 e. The molecule has 0 spiro atoms. The van der Waals surface area contributed by atoms with E-state index in [2.05, 4.69) is 15.0 Å². The number of aromatic amines is 1. The highest BCUT2D eigenvalue weighted by molar-refractivity contribution is 7.50. The molecule has 2 aromatic rings. The van der Waals surface area contributed by atoms with Gasteiger partial charge in [-0.1, -0.05) is 0 Å². The lowest BCUT2D eigenvalue weighted by Crippen LogP contribution is -2.36. The van der Waals surface area contributed by atoms with Gasteiger partial charge in [-0.15, -0.1) is 0 Å². The lowest BCUT2D eigenvalue weighted by Gasteiger charge is -2.30. The van der Waals surface area contributed by atoms with Crippen LogP contribution in [0.4, 0.5) is 0 Å². The van der Waals surface area contributed by atoms with E-state index in [0.29, 0.717) is 13.2 Å². The second-order valence-corrected chi connectivity index (χ2v) is 8.26. The van der Waals surface area contributed by atoms with E-state index in [4.69, 9.17) is 14.0 Å². The Balaban J connectivity index is 1.48. The quantitative estimate of drug-likeness (QED) is 0.404. The van der Waals surface area contributed by atoms with Crippen molar-refractivity contribution < 1.29 is 33.7 Å². The Bertz CT molecular complexity index is 943. The zero-order valence-electron chi connectivity index (χ0n) is 14.6. The summed E-state index contributed by atoms with van der Waals surface area (Å²) in [7, 11) is -4.09. The zero-order valence-corrected chi connectivity index (χ0v) is 15.5. The molecule has 2 aromatic heterocycles. The van der Waals surface area contributed by atoms with Crippen molar-refractivity contribution in [2.75, 3.05) is 32.9 Å². The number of fused-ring (bicyclic) bond motifs is 1. The van der Waals surface area contributed by atoms with E-state index in [-0.39, 0.29) is 24.3 Å². The van der Waals surface area contributed by atoms with Crippen molar-refractivity contribution in [1.82, 2.24) is 24.2 Å². The van der Waals surface area contributed by atoms with E-state index in [1.807, 2.05) is 0 Å². The molecule has 0 bridgehead atoms. The number of hydrogen-bond acceptors (Lipinski definition) is 9. The van der Waals surface area contributed by atoms with Gasteiger partial charge in [0.1, 0.15) is 18.3 Å². The molecule has 5 atom stereocenters. The number of ether oxygens (including phenoxy) is 2. The molecule has 2 aliphatic heterocycles. The van der Waals surface area contributed by atoms with Gasteiger partial charge in [-0.3, -0.25) is 13.9 Å². The summed E-state index contributed by atoms with van der Waals surface area (Å²) >= 11 is 0. The molecule has 28 heavy (non-hydrogen) atoms. The van der Waals surface area contributed by atoms with Gasteiger partial charge in [-0.25, -0.2) is 19.2 Å². The number of morpholine rings is 1. The first kappa shape index (κ1) is 19.6. The number of aliphatic hydroxyl groups is 2. The monoisotopic (exact) mass is 417 g/mol. The molecular weight excluding hydrogens is 397 g/mol. The number of rotatable bonds is 5.